The van der Waals surface area contributed by atoms with Crippen LogP contribution in [0, 0.1) is 0 Å². The van der Waals surface area contributed by atoms with Crippen molar-refractivity contribution in [1.82, 2.24) is 0 Å². The molecule has 0 aromatic heterocycles. The first-order valence-corrected chi connectivity index (χ1v) is 19.1. The van der Waals surface area contributed by atoms with Crippen LogP contribution >= 0.6 is 0 Å². The molecule has 3 rings (SSSR count). The van der Waals surface area contributed by atoms with E-state index in [4.69, 9.17) is 0 Å². The Labute approximate surface area is 222 Å². The van der Waals surface area contributed by atoms with Crippen molar-refractivity contribution >= 4 is 12.0 Å². The molecule has 0 N–H and O–H groups in total. The SMILES string of the molecule is CCCC1=Cc2c(-c3cc(C(C)(C)C)cc(C(C)(C)C)c3)cccc2[CH]1[Zr+2][Si](C)C.[Cl-].[Cl-]. The van der Waals surface area contributed by atoms with Crippen molar-refractivity contribution in [3.8, 4) is 11.1 Å². The van der Waals surface area contributed by atoms with Crippen LogP contribution in [0.15, 0.2) is 42.0 Å². The molecular formula is C28H39Cl2SiZr. The maximum atomic E-state index is 2.59. The smallest absolute Gasteiger partial charge is 1.00 e. The van der Waals surface area contributed by atoms with Crippen LogP contribution < -0.4 is 24.8 Å². The summed E-state index contributed by atoms with van der Waals surface area (Å²) in [5.41, 5.74) is 10.9. The molecule has 1 radical (unpaired) electrons. The summed E-state index contributed by atoms with van der Waals surface area (Å²) >= 11 is -0.396. The Bertz CT molecular complexity index is 917. The zero-order chi connectivity index (χ0) is 22.3. The average Bonchev–Trinajstić information content (AvgIpc) is 2.97. The molecule has 0 spiro atoms. The number of hydrogen-bond donors (Lipinski definition) is 0. The van der Waals surface area contributed by atoms with E-state index in [1.165, 1.54) is 40.7 Å². The van der Waals surface area contributed by atoms with Crippen molar-refractivity contribution in [3.63, 3.8) is 0 Å². The van der Waals surface area contributed by atoms with Gasteiger partial charge in [-0.2, -0.15) is 0 Å². The summed E-state index contributed by atoms with van der Waals surface area (Å²) in [6.45, 7) is 21.4. The Morgan fingerprint density at radius 1 is 0.875 bits per heavy atom. The molecule has 2 aromatic carbocycles. The molecule has 173 valence electrons. The van der Waals surface area contributed by atoms with Crippen LogP contribution in [0.5, 0.6) is 0 Å². The zero-order valence-corrected chi connectivity index (χ0v) is 26.3. The first kappa shape index (κ1) is 29.9. The summed E-state index contributed by atoms with van der Waals surface area (Å²) in [6.07, 6.45) is 5.11. The molecular weight excluding hydrogens is 527 g/mol. The first-order chi connectivity index (χ1) is 13.9. The second kappa shape index (κ2) is 11.5. The molecule has 0 nitrogen and oxygen atoms in total. The van der Waals surface area contributed by atoms with E-state index in [1.807, 2.05) is 0 Å². The fraction of sp³-hybridized carbons (Fsp3) is 0.500. The maximum absolute atomic E-state index is 2.59. The summed E-state index contributed by atoms with van der Waals surface area (Å²) in [5, 5.41) is 0. The average molecular weight is 566 g/mol. The molecule has 0 amide bonds. The minimum atomic E-state index is -0.396. The molecule has 0 aliphatic heterocycles. The van der Waals surface area contributed by atoms with Gasteiger partial charge >= 0.3 is 199 Å². The molecule has 32 heavy (non-hydrogen) atoms. The van der Waals surface area contributed by atoms with Crippen LogP contribution in [-0.2, 0) is 33.2 Å². The molecule has 0 saturated carbocycles. The van der Waals surface area contributed by atoms with Gasteiger partial charge in [-0.05, 0) is 0 Å². The number of rotatable bonds is 5. The minimum Gasteiger partial charge on any atom is -1.00 e. The van der Waals surface area contributed by atoms with Crippen molar-refractivity contribution in [2.45, 2.75) is 88.9 Å². The second-order valence-electron chi connectivity index (χ2n) is 11.2. The van der Waals surface area contributed by atoms with E-state index in [0.29, 0.717) is 0 Å². The van der Waals surface area contributed by atoms with Gasteiger partial charge in [-0.3, -0.25) is 0 Å². The number of halogens is 2. The van der Waals surface area contributed by atoms with Crippen LogP contribution in [0.3, 0.4) is 0 Å². The van der Waals surface area contributed by atoms with E-state index in [-0.39, 0.29) is 41.6 Å². The molecule has 0 bridgehead atoms. The van der Waals surface area contributed by atoms with Crippen molar-refractivity contribution in [2.75, 3.05) is 0 Å². The van der Waals surface area contributed by atoms with Gasteiger partial charge in [0.2, 0.25) is 0 Å². The van der Waals surface area contributed by atoms with Gasteiger partial charge in [-0.25, -0.2) is 0 Å². The summed E-state index contributed by atoms with van der Waals surface area (Å²) in [4.78, 5) is 0. The summed E-state index contributed by atoms with van der Waals surface area (Å²) in [5.74, 6) is -0.109. The van der Waals surface area contributed by atoms with Crippen molar-refractivity contribution in [1.29, 1.82) is 0 Å². The zero-order valence-electron chi connectivity index (χ0n) is 21.3. The molecule has 1 aliphatic rings. The standard InChI is InChI=1S/C26H33.C2H6Si.2ClH.Zr/c1-8-10-18-13-19-11-9-12-23(24(19)14-18)20-15-21(25(2,3)4)17-22(16-20)26(5,6)7;1-3-2;;;/h9,11-17H,8,10H2,1-7H3;1-2H3;2*1H;/q;;;;+2/p-2. The van der Waals surface area contributed by atoms with E-state index >= 15 is 0 Å². The van der Waals surface area contributed by atoms with Gasteiger partial charge < -0.3 is 24.8 Å². The first-order valence-electron chi connectivity index (χ1n) is 11.5. The molecule has 1 aliphatic carbocycles. The van der Waals surface area contributed by atoms with Crippen molar-refractivity contribution in [2.24, 2.45) is 0 Å². The number of benzene rings is 2. The molecule has 2 aromatic rings. The molecule has 0 fully saturated rings. The third-order valence-corrected chi connectivity index (χ3v) is 15.0. The van der Waals surface area contributed by atoms with E-state index in [0.717, 1.165) is 3.63 Å². The fourth-order valence-electron chi connectivity index (χ4n) is 4.33. The fourth-order valence-corrected chi connectivity index (χ4v) is 13.2. The maximum Gasteiger partial charge on any atom is -1.00 e. The van der Waals surface area contributed by atoms with Gasteiger partial charge in [0.1, 0.15) is 0 Å². The Morgan fingerprint density at radius 2 is 1.44 bits per heavy atom. The Morgan fingerprint density at radius 3 is 1.91 bits per heavy atom. The summed E-state index contributed by atoms with van der Waals surface area (Å²) in [6, 6.07) is 14.5. The number of allylic oxidation sites excluding steroid dienone is 1. The van der Waals surface area contributed by atoms with Gasteiger partial charge in [-0.1, -0.05) is 0 Å². The molecule has 0 saturated heterocycles. The Balaban J connectivity index is 0.00000256. The van der Waals surface area contributed by atoms with Crippen LogP contribution in [-0.4, -0.2) is 5.92 Å². The second-order valence-corrected chi connectivity index (χ2v) is 24.4. The minimum absolute atomic E-state index is 0. The molecule has 4 heteroatoms. The van der Waals surface area contributed by atoms with Crippen LogP contribution in [0.4, 0.5) is 0 Å². The third-order valence-electron chi connectivity index (χ3n) is 6.10. The van der Waals surface area contributed by atoms with Crippen LogP contribution in [0.2, 0.25) is 13.1 Å². The predicted molar refractivity (Wildman–Crippen MR) is 132 cm³/mol. The largest absolute Gasteiger partial charge is 1.00 e. The summed E-state index contributed by atoms with van der Waals surface area (Å²) < 4.78 is 0.806. The number of fused-ring (bicyclic) bond motifs is 1. The van der Waals surface area contributed by atoms with Crippen molar-refractivity contribution in [3.05, 3.63) is 64.2 Å². The summed E-state index contributed by atoms with van der Waals surface area (Å²) in [7, 11) is 0. The molecule has 0 heterocycles. The number of hydrogen-bond acceptors (Lipinski definition) is 0. The van der Waals surface area contributed by atoms with Gasteiger partial charge in [0.25, 0.3) is 0 Å². The Kier molecular flexibility index (Phi) is 10.8. The van der Waals surface area contributed by atoms with Gasteiger partial charge in [0.15, 0.2) is 0 Å². The predicted octanol–water partition coefficient (Wildman–Crippen LogP) is 2.53. The van der Waals surface area contributed by atoms with E-state index in [1.54, 1.807) is 11.1 Å². The van der Waals surface area contributed by atoms with Gasteiger partial charge in [-0.15, -0.1) is 0 Å². The quantitative estimate of drug-likeness (QED) is 0.489. The van der Waals surface area contributed by atoms with E-state index in [2.05, 4.69) is 104 Å². The van der Waals surface area contributed by atoms with Gasteiger partial charge in [0.05, 0.1) is 0 Å². The van der Waals surface area contributed by atoms with E-state index in [9.17, 15) is 0 Å². The Hall–Kier alpha value is -0.140. The van der Waals surface area contributed by atoms with Crippen LogP contribution in [0.25, 0.3) is 17.2 Å². The van der Waals surface area contributed by atoms with E-state index < -0.39 is 22.4 Å². The normalized spacial score (nSPS) is 15.4. The van der Waals surface area contributed by atoms with Gasteiger partial charge in [0, 0.05) is 0 Å². The van der Waals surface area contributed by atoms with Crippen LogP contribution in [0.1, 0.15) is 87.2 Å². The topological polar surface area (TPSA) is 0 Å². The monoisotopic (exact) mass is 563 g/mol. The molecule has 1 atom stereocenters. The molecule has 1 unspecified atom stereocenters. The van der Waals surface area contributed by atoms with Crippen molar-refractivity contribution < 1.29 is 47.2 Å². The third kappa shape index (κ3) is 6.71.